The third-order valence-corrected chi connectivity index (χ3v) is 4.87. The minimum Gasteiger partial charge on any atom is -0.493 e. The molecule has 1 aliphatic rings. The molecule has 3 rings (SSSR count). The molecular weight excluding hydrogens is 326 g/mol. The minimum atomic E-state index is 0.126. The van der Waals surface area contributed by atoms with Crippen molar-refractivity contribution in [2.45, 2.75) is 0 Å². The van der Waals surface area contributed by atoms with Gasteiger partial charge in [0.1, 0.15) is 0 Å². The maximum atomic E-state index is 10.3. The second kappa shape index (κ2) is 5.55. The van der Waals surface area contributed by atoms with E-state index in [1.54, 1.807) is 30.1 Å². The highest BCUT2D eigenvalue weighted by Gasteiger charge is 2.19. The second-order valence-electron chi connectivity index (χ2n) is 4.41. The number of halogens is 1. The van der Waals surface area contributed by atoms with Crippen LogP contribution in [0.3, 0.4) is 0 Å². The highest BCUT2D eigenvalue weighted by molar-refractivity contribution is 7.73. The zero-order chi connectivity index (χ0) is 15.0. The Morgan fingerprint density at radius 1 is 1.33 bits per heavy atom. The van der Waals surface area contributed by atoms with Gasteiger partial charge in [-0.25, -0.2) is 0 Å². The van der Waals surface area contributed by atoms with E-state index in [0.717, 1.165) is 16.7 Å². The Morgan fingerprint density at radius 2 is 2.05 bits per heavy atom. The quantitative estimate of drug-likeness (QED) is 0.842. The fraction of sp³-hybridized carbons (Fsp3) is 0.0714. The lowest BCUT2D eigenvalue weighted by atomic mass is 9.99. The van der Waals surface area contributed by atoms with Gasteiger partial charge >= 0.3 is 0 Å². The van der Waals surface area contributed by atoms with Crippen LogP contribution in [0.15, 0.2) is 40.0 Å². The van der Waals surface area contributed by atoms with Gasteiger partial charge in [-0.1, -0.05) is 23.7 Å². The molecule has 0 unspecified atom stereocenters. The fourth-order valence-electron chi connectivity index (χ4n) is 2.03. The fourth-order valence-corrected chi connectivity index (χ4v) is 3.52. The van der Waals surface area contributed by atoms with Crippen molar-refractivity contribution in [1.82, 2.24) is 4.57 Å². The van der Waals surface area contributed by atoms with E-state index in [1.165, 1.54) is 11.3 Å². The van der Waals surface area contributed by atoms with E-state index < -0.39 is 0 Å². The number of aromatic nitrogens is 1. The molecule has 1 aromatic carbocycles. The molecule has 0 spiro atoms. The van der Waals surface area contributed by atoms with Crippen LogP contribution in [0.2, 0.25) is 5.02 Å². The molecule has 0 atom stereocenters. The lowest BCUT2D eigenvalue weighted by Crippen LogP contribution is -1.95. The molecule has 1 N–H and O–H groups in total. The standard InChI is InChI=1S/C14H10ClN3OS2/c1-18-13(19)12(21-14(18)20)11(9-6-16-17-7-9)8-3-2-4-10(15)5-8/h2-7,19H,1H3. The molecule has 0 saturated heterocycles. The van der Waals surface area contributed by atoms with Crippen LogP contribution in [0.4, 0.5) is 0 Å². The van der Waals surface area contributed by atoms with Crippen LogP contribution >= 0.6 is 35.2 Å². The molecule has 4 nitrogen and oxygen atoms in total. The number of rotatable bonds is 2. The van der Waals surface area contributed by atoms with E-state index in [-0.39, 0.29) is 5.88 Å². The summed E-state index contributed by atoms with van der Waals surface area (Å²) in [6, 6.07) is 7.43. The van der Waals surface area contributed by atoms with Gasteiger partial charge in [0.05, 0.1) is 17.3 Å². The number of benzene rings is 1. The summed E-state index contributed by atoms with van der Waals surface area (Å²) < 4.78 is 2.17. The Labute approximate surface area is 135 Å². The molecule has 0 fully saturated rings. The number of allylic oxidation sites excluding steroid dienone is 1. The van der Waals surface area contributed by atoms with Crippen LogP contribution in [0.1, 0.15) is 10.4 Å². The first-order valence-corrected chi connectivity index (χ1v) is 7.64. The lowest BCUT2D eigenvalue weighted by molar-refractivity contribution is 0.430. The molecule has 0 saturated carbocycles. The van der Waals surface area contributed by atoms with Crippen LogP contribution in [-0.4, -0.2) is 22.1 Å². The van der Waals surface area contributed by atoms with E-state index in [4.69, 9.17) is 23.8 Å². The van der Waals surface area contributed by atoms with Crippen molar-refractivity contribution in [3.63, 3.8) is 0 Å². The van der Waals surface area contributed by atoms with E-state index in [1.807, 2.05) is 18.2 Å². The number of thiazole rings is 1. The number of hydrogen-bond donors (Lipinski definition) is 1. The molecule has 0 aliphatic carbocycles. The maximum Gasteiger partial charge on any atom is 0.211 e. The largest absolute Gasteiger partial charge is 0.493 e. The zero-order valence-electron chi connectivity index (χ0n) is 10.9. The van der Waals surface area contributed by atoms with Crippen molar-refractivity contribution >= 4 is 53.2 Å². The smallest absolute Gasteiger partial charge is 0.211 e. The van der Waals surface area contributed by atoms with Gasteiger partial charge in [0.2, 0.25) is 5.88 Å². The SMILES string of the molecule is Cn1c(O)c(C(=C2C=NN=C2)c2cccc(Cl)c2)sc1=S. The predicted molar refractivity (Wildman–Crippen MR) is 90.2 cm³/mol. The van der Waals surface area contributed by atoms with Gasteiger partial charge in [-0.05, 0) is 29.9 Å². The van der Waals surface area contributed by atoms with Crippen molar-refractivity contribution < 1.29 is 5.11 Å². The van der Waals surface area contributed by atoms with E-state index in [2.05, 4.69) is 10.2 Å². The van der Waals surface area contributed by atoms with Crippen molar-refractivity contribution in [2.75, 3.05) is 0 Å². The zero-order valence-corrected chi connectivity index (χ0v) is 13.3. The van der Waals surface area contributed by atoms with Gasteiger partial charge in [-0.2, -0.15) is 10.2 Å². The van der Waals surface area contributed by atoms with Crippen molar-refractivity contribution in [3.05, 3.63) is 49.3 Å². The summed E-state index contributed by atoms with van der Waals surface area (Å²) in [5.41, 5.74) is 2.51. The summed E-state index contributed by atoms with van der Waals surface area (Å²) in [5.74, 6) is 0.126. The van der Waals surface area contributed by atoms with Crippen molar-refractivity contribution in [1.29, 1.82) is 0 Å². The number of aromatic hydroxyl groups is 1. The molecule has 0 bridgehead atoms. The van der Waals surface area contributed by atoms with Gasteiger partial charge in [0.15, 0.2) is 3.95 Å². The van der Waals surface area contributed by atoms with E-state index >= 15 is 0 Å². The average Bonchev–Trinajstić information content (AvgIpc) is 3.06. The second-order valence-corrected chi connectivity index (χ2v) is 6.49. The van der Waals surface area contributed by atoms with Crippen molar-refractivity contribution in [2.24, 2.45) is 17.3 Å². The Morgan fingerprint density at radius 3 is 2.62 bits per heavy atom. The molecule has 0 amide bonds. The van der Waals surface area contributed by atoms with Crippen LogP contribution in [0.25, 0.3) is 5.57 Å². The molecule has 21 heavy (non-hydrogen) atoms. The van der Waals surface area contributed by atoms with Gasteiger partial charge in [-0.15, -0.1) is 11.3 Å². The minimum absolute atomic E-state index is 0.126. The monoisotopic (exact) mass is 335 g/mol. The highest BCUT2D eigenvalue weighted by atomic mass is 35.5. The Balaban J connectivity index is 2.31. The Bertz CT molecular complexity index is 847. The summed E-state index contributed by atoms with van der Waals surface area (Å²) in [5, 5.41) is 18.7. The molecule has 106 valence electrons. The Kier molecular flexibility index (Phi) is 3.75. The molecule has 2 heterocycles. The maximum absolute atomic E-state index is 10.3. The predicted octanol–water partition coefficient (Wildman–Crippen LogP) is 4.05. The van der Waals surface area contributed by atoms with Crippen LogP contribution in [0, 0.1) is 3.95 Å². The van der Waals surface area contributed by atoms with Gasteiger partial charge in [-0.3, -0.25) is 4.57 Å². The number of nitrogens with zero attached hydrogens (tertiary/aromatic N) is 3. The van der Waals surface area contributed by atoms with Crippen LogP contribution < -0.4 is 0 Å². The Hall–Kier alpha value is -1.76. The lowest BCUT2D eigenvalue weighted by Gasteiger charge is -2.09. The molecule has 1 aliphatic heterocycles. The van der Waals surface area contributed by atoms with Gasteiger partial charge in [0, 0.05) is 23.2 Å². The summed E-state index contributed by atoms with van der Waals surface area (Å²) in [4.78, 5) is 0.680. The molecule has 2 aromatic rings. The van der Waals surface area contributed by atoms with E-state index in [9.17, 15) is 5.11 Å². The summed E-state index contributed by atoms with van der Waals surface area (Å²) in [7, 11) is 1.73. The topological polar surface area (TPSA) is 49.9 Å². The first-order valence-electron chi connectivity index (χ1n) is 6.03. The van der Waals surface area contributed by atoms with Gasteiger partial charge < -0.3 is 5.11 Å². The molecule has 0 radical (unpaired) electrons. The molecule has 1 aromatic heterocycles. The third kappa shape index (κ3) is 2.57. The summed E-state index contributed by atoms with van der Waals surface area (Å²) in [6.07, 6.45) is 3.30. The molecular formula is C14H10ClN3OS2. The average molecular weight is 336 g/mol. The van der Waals surface area contributed by atoms with Gasteiger partial charge in [0.25, 0.3) is 0 Å². The molecule has 7 heteroatoms. The first kappa shape index (κ1) is 14.2. The summed E-state index contributed by atoms with van der Waals surface area (Å²) in [6.45, 7) is 0. The third-order valence-electron chi connectivity index (χ3n) is 3.07. The normalized spacial score (nSPS) is 13.1. The van der Waals surface area contributed by atoms with Crippen LogP contribution in [-0.2, 0) is 7.05 Å². The highest BCUT2D eigenvalue weighted by Crippen LogP contribution is 2.38. The van der Waals surface area contributed by atoms with E-state index in [0.29, 0.717) is 13.9 Å². The summed E-state index contributed by atoms with van der Waals surface area (Å²) >= 11 is 12.7. The van der Waals surface area contributed by atoms with Crippen LogP contribution in [0.5, 0.6) is 5.88 Å². The van der Waals surface area contributed by atoms with Crippen molar-refractivity contribution in [3.8, 4) is 5.88 Å². The first-order chi connectivity index (χ1) is 10.1. The number of hydrogen-bond acceptors (Lipinski definition) is 5.